The van der Waals surface area contributed by atoms with Crippen molar-refractivity contribution < 1.29 is 0 Å². The van der Waals surface area contributed by atoms with E-state index in [1.807, 2.05) is 0 Å². The van der Waals surface area contributed by atoms with Crippen LogP contribution in [0.4, 0.5) is 0 Å². The third kappa shape index (κ3) is 3.29. The van der Waals surface area contributed by atoms with Gasteiger partial charge < -0.3 is 0 Å². The van der Waals surface area contributed by atoms with Crippen LogP contribution in [0.15, 0.2) is 24.3 Å². The Morgan fingerprint density at radius 2 is 1.61 bits per heavy atom. The SMILES string of the molecule is CCC(C)c1ccc(C(Cl)C2CCCCC2)cc1. The van der Waals surface area contributed by atoms with Gasteiger partial charge in [-0.3, -0.25) is 0 Å². The van der Waals surface area contributed by atoms with Gasteiger partial charge in [0.25, 0.3) is 0 Å². The molecule has 0 saturated heterocycles. The molecule has 0 aliphatic heterocycles. The van der Waals surface area contributed by atoms with E-state index in [0.717, 1.165) is 0 Å². The summed E-state index contributed by atoms with van der Waals surface area (Å²) in [5.74, 6) is 1.34. The molecule has 1 aliphatic carbocycles. The Morgan fingerprint density at radius 3 is 2.17 bits per heavy atom. The first kappa shape index (κ1) is 13.9. The average Bonchev–Trinajstić information content (AvgIpc) is 2.47. The second-order valence-corrected chi connectivity index (χ2v) is 6.25. The summed E-state index contributed by atoms with van der Waals surface area (Å²) in [5.41, 5.74) is 2.75. The molecule has 0 radical (unpaired) electrons. The molecule has 0 amide bonds. The van der Waals surface area contributed by atoms with Gasteiger partial charge in [-0.05, 0) is 42.2 Å². The highest BCUT2D eigenvalue weighted by atomic mass is 35.5. The van der Waals surface area contributed by atoms with E-state index in [9.17, 15) is 0 Å². The van der Waals surface area contributed by atoms with Crippen molar-refractivity contribution >= 4 is 11.6 Å². The summed E-state index contributed by atoms with van der Waals surface area (Å²) < 4.78 is 0. The molecule has 1 aromatic carbocycles. The monoisotopic (exact) mass is 264 g/mol. The Bertz CT molecular complexity index is 348. The standard InChI is InChI=1S/C17H25Cl/c1-3-13(2)14-9-11-16(12-10-14)17(18)15-7-5-4-6-8-15/h9-13,15,17H,3-8H2,1-2H3. The molecule has 0 N–H and O–H groups in total. The normalized spacial score (nSPS) is 20.6. The van der Waals surface area contributed by atoms with Crippen molar-refractivity contribution in [3.8, 4) is 0 Å². The molecule has 100 valence electrons. The van der Waals surface area contributed by atoms with E-state index in [0.29, 0.717) is 11.8 Å². The summed E-state index contributed by atoms with van der Waals surface area (Å²) in [7, 11) is 0. The Hall–Kier alpha value is -0.490. The van der Waals surface area contributed by atoms with Gasteiger partial charge in [-0.25, -0.2) is 0 Å². The van der Waals surface area contributed by atoms with Crippen LogP contribution in [0.5, 0.6) is 0 Å². The highest BCUT2D eigenvalue weighted by molar-refractivity contribution is 6.21. The van der Waals surface area contributed by atoms with Crippen molar-refractivity contribution in [3.05, 3.63) is 35.4 Å². The van der Waals surface area contributed by atoms with Gasteiger partial charge in [0.1, 0.15) is 0 Å². The minimum absolute atomic E-state index is 0.219. The molecule has 0 spiro atoms. The van der Waals surface area contributed by atoms with Crippen LogP contribution < -0.4 is 0 Å². The molecule has 1 saturated carbocycles. The van der Waals surface area contributed by atoms with Gasteiger partial charge in [0.15, 0.2) is 0 Å². The highest BCUT2D eigenvalue weighted by Crippen LogP contribution is 2.38. The van der Waals surface area contributed by atoms with E-state index in [-0.39, 0.29) is 5.38 Å². The van der Waals surface area contributed by atoms with E-state index in [1.54, 1.807) is 0 Å². The fourth-order valence-corrected chi connectivity index (χ4v) is 3.34. The smallest absolute Gasteiger partial charge is 0.0613 e. The van der Waals surface area contributed by atoms with Gasteiger partial charge >= 0.3 is 0 Å². The summed E-state index contributed by atoms with van der Waals surface area (Å²) in [5, 5.41) is 0.219. The van der Waals surface area contributed by atoms with Gasteiger partial charge in [-0.1, -0.05) is 57.4 Å². The van der Waals surface area contributed by atoms with Crippen molar-refractivity contribution in [3.63, 3.8) is 0 Å². The predicted octanol–water partition coefficient (Wildman–Crippen LogP) is 6.06. The van der Waals surface area contributed by atoms with Gasteiger partial charge in [0.05, 0.1) is 5.38 Å². The lowest BCUT2D eigenvalue weighted by molar-refractivity contribution is 0.348. The molecule has 1 heteroatoms. The lowest BCUT2D eigenvalue weighted by Gasteiger charge is -2.26. The lowest BCUT2D eigenvalue weighted by atomic mass is 9.84. The zero-order valence-electron chi connectivity index (χ0n) is 11.7. The van der Waals surface area contributed by atoms with Crippen LogP contribution in [0.3, 0.4) is 0 Å². The summed E-state index contributed by atoms with van der Waals surface area (Å²) in [6.45, 7) is 4.53. The van der Waals surface area contributed by atoms with Crippen LogP contribution in [0.2, 0.25) is 0 Å². The van der Waals surface area contributed by atoms with Crippen LogP contribution in [-0.2, 0) is 0 Å². The number of rotatable bonds is 4. The summed E-state index contributed by atoms with van der Waals surface area (Å²) in [4.78, 5) is 0. The second-order valence-electron chi connectivity index (χ2n) is 5.78. The first-order chi connectivity index (χ1) is 8.72. The topological polar surface area (TPSA) is 0 Å². The fraction of sp³-hybridized carbons (Fsp3) is 0.647. The van der Waals surface area contributed by atoms with E-state index in [1.165, 1.54) is 49.7 Å². The summed E-state index contributed by atoms with van der Waals surface area (Å²) >= 11 is 6.65. The zero-order valence-corrected chi connectivity index (χ0v) is 12.4. The minimum atomic E-state index is 0.219. The number of hydrogen-bond donors (Lipinski definition) is 0. The van der Waals surface area contributed by atoms with E-state index >= 15 is 0 Å². The molecule has 0 bridgehead atoms. The molecule has 2 unspecified atom stereocenters. The van der Waals surface area contributed by atoms with Gasteiger partial charge in [-0.2, -0.15) is 0 Å². The number of alkyl halides is 1. The third-order valence-electron chi connectivity index (χ3n) is 4.50. The van der Waals surface area contributed by atoms with Crippen molar-refractivity contribution in [2.24, 2.45) is 5.92 Å². The summed E-state index contributed by atoms with van der Waals surface area (Å²) in [6.07, 6.45) is 7.93. The molecule has 0 aromatic heterocycles. The van der Waals surface area contributed by atoms with Crippen molar-refractivity contribution in [1.82, 2.24) is 0 Å². The molecule has 1 fully saturated rings. The number of halogens is 1. The average molecular weight is 265 g/mol. The second kappa shape index (κ2) is 6.61. The molecule has 0 nitrogen and oxygen atoms in total. The summed E-state index contributed by atoms with van der Waals surface area (Å²) in [6, 6.07) is 9.02. The predicted molar refractivity (Wildman–Crippen MR) is 80.3 cm³/mol. The Morgan fingerprint density at radius 1 is 1.06 bits per heavy atom. The van der Waals surface area contributed by atoms with Crippen LogP contribution >= 0.6 is 11.6 Å². The first-order valence-corrected chi connectivity index (χ1v) is 7.90. The Labute approximate surface area is 117 Å². The largest absolute Gasteiger partial charge is 0.118 e. The number of hydrogen-bond acceptors (Lipinski definition) is 0. The van der Waals surface area contributed by atoms with E-state index in [2.05, 4.69) is 38.1 Å². The van der Waals surface area contributed by atoms with Crippen LogP contribution in [0.25, 0.3) is 0 Å². The number of benzene rings is 1. The van der Waals surface area contributed by atoms with E-state index < -0.39 is 0 Å². The van der Waals surface area contributed by atoms with Crippen LogP contribution in [0.1, 0.15) is 74.8 Å². The molecular weight excluding hydrogens is 240 g/mol. The van der Waals surface area contributed by atoms with Gasteiger partial charge in [-0.15, -0.1) is 11.6 Å². The Kier molecular flexibility index (Phi) is 5.12. The van der Waals surface area contributed by atoms with Crippen LogP contribution in [-0.4, -0.2) is 0 Å². The van der Waals surface area contributed by atoms with Crippen molar-refractivity contribution in [2.75, 3.05) is 0 Å². The quantitative estimate of drug-likeness (QED) is 0.580. The fourth-order valence-electron chi connectivity index (χ4n) is 2.94. The van der Waals surface area contributed by atoms with Gasteiger partial charge in [0.2, 0.25) is 0 Å². The van der Waals surface area contributed by atoms with Crippen molar-refractivity contribution in [2.45, 2.75) is 63.7 Å². The first-order valence-electron chi connectivity index (χ1n) is 7.46. The Balaban J connectivity index is 2.03. The van der Waals surface area contributed by atoms with Crippen LogP contribution in [0, 0.1) is 5.92 Å². The molecule has 1 aliphatic rings. The maximum atomic E-state index is 6.65. The maximum absolute atomic E-state index is 6.65. The molecule has 2 atom stereocenters. The van der Waals surface area contributed by atoms with Gasteiger partial charge in [0, 0.05) is 0 Å². The lowest BCUT2D eigenvalue weighted by Crippen LogP contribution is -2.12. The zero-order chi connectivity index (χ0) is 13.0. The highest BCUT2D eigenvalue weighted by Gasteiger charge is 2.23. The minimum Gasteiger partial charge on any atom is -0.118 e. The van der Waals surface area contributed by atoms with E-state index in [4.69, 9.17) is 11.6 Å². The maximum Gasteiger partial charge on any atom is 0.0613 e. The molecule has 2 rings (SSSR count). The third-order valence-corrected chi connectivity index (χ3v) is 5.11. The molecule has 18 heavy (non-hydrogen) atoms. The molecular formula is C17H25Cl. The van der Waals surface area contributed by atoms with Crippen molar-refractivity contribution in [1.29, 1.82) is 0 Å². The molecule has 0 heterocycles. The molecule has 1 aromatic rings.